The van der Waals surface area contributed by atoms with Crippen LogP contribution in [0.25, 0.3) is 90.9 Å². The molecule has 11 heteroatoms. The molecule has 2 aliphatic rings. The van der Waals surface area contributed by atoms with E-state index >= 15 is 0 Å². The Bertz CT molecular complexity index is 3410. The standard InChI is InChI=1S/C75H94N6O4.C2H7N/c1-7-13-15-16-17-18-19-20-21-23-53-83-61-36-28-57(29-37-61)73-66-43-42-64(76-66)72(56-26-34-60(35-27-56)82-52-22-14-8-2)65-44-46-68(77-65)74(58-30-38-62(39-31-58)84-54-24-50-80(9-3)10-4)70-48-49-71(79-70)75(69-47-45-67(73)78-69)59-32-40-63(41-33-59)85-55-25-51-81(11-5)12-6;1-2-3/h26-49,76,79H,7-25,50-55H2,1-6H3;2-3H2,1H3. The number of unbranched alkanes of at least 4 members (excludes halogenated alkanes) is 11. The minimum Gasteiger partial charge on any atom is -0.494 e. The van der Waals surface area contributed by atoms with Gasteiger partial charge in [0, 0.05) is 57.4 Å². The van der Waals surface area contributed by atoms with Crippen LogP contribution >= 0.6 is 0 Å². The number of nitrogens with one attached hydrogen (secondary N) is 2. The molecule has 0 aliphatic carbocycles. The van der Waals surface area contributed by atoms with E-state index in [4.69, 9.17) is 34.6 Å². The molecule has 11 nitrogen and oxygen atoms in total. The molecule has 5 heterocycles. The molecule has 0 radical (unpaired) electrons. The van der Waals surface area contributed by atoms with Crippen LogP contribution in [0.2, 0.25) is 0 Å². The Morgan fingerprint density at radius 2 is 0.557 bits per heavy atom. The predicted octanol–water partition coefficient (Wildman–Crippen LogP) is 19.4. The lowest BCUT2D eigenvalue weighted by Crippen LogP contribution is -2.25. The zero-order valence-electron chi connectivity index (χ0n) is 54.2. The van der Waals surface area contributed by atoms with Crippen LogP contribution in [-0.2, 0) is 0 Å². The summed E-state index contributed by atoms with van der Waals surface area (Å²) in [6, 6.07) is 42.8. The fraction of sp³-hybridized carbons (Fsp3) is 0.429. The summed E-state index contributed by atoms with van der Waals surface area (Å²) >= 11 is 0. The Kier molecular flexibility index (Phi) is 27.3. The lowest BCUT2D eigenvalue weighted by molar-refractivity contribution is 0.249. The monoisotopic (exact) mass is 1190 g/mol. The third-order valence-corrected chi connectivity index (χ3v) is 16.7. The molecule has 0 spiro atoms. The van der Waals surface area contributed by atoms with Crippen LogP contribution in [0.3, 0.4) is 0 Å². The molecule has 9 rings (SSSR count). The highest BCUT2D eigenvalue weighted by Crippen LogP contribution is 2.40. The maximum atomic E-state index is 6.38. The van der Waals surface area contributed by atoms with Crippen molar-refractivity contribution in [1.82, 2.24) is 29.7 Å². The Labute approximate surface area is 526 Å². The molecule has 468 valence electrons. The highest BCUT2D eigenvalue weighted by Gasteiger charge is 2.20. The van der Waals surface area contributed by atoms with Gasteiger partial charge in [0.25, 0.3) is 0 Å². The van der Waals surface area contributed by atoms with Crippen molar-refractivity contribution in [3.05, 3.63) is 144 Å². The van der Waals surface area contributed by atoms with E-state index in [1.807, 2.05) is 6.92 Å². The zero-order chi connectivity index (χ0) is 61.7. The quantitative estimate of drug-likeness (QED) is 0.0333. The van der Waals surface area contributed by atoms with Gasteiger partial charge in [-0.15, -0.1) is 0 Å². The summed E-state index contributed by atoms with van der Waals surface area (Å²) in [5.74, 6) is 3.43. The largest absolute Gasteiger partial charge is 0.494 e. The van der Waals surface area contributed by atoms with Crippen molar-refractivity contribution in [3.8, 4) is 67.5 Å². The van der Waals surface area contributed by atoms with Crippen LogP contribution < -0.4 is 24.7 Å². The molecular formula is C77H101N7O4. The third-order valence-electron chi connectivity index (χ3n) is 16.7. The second kappa shape index (κ2) is 36.1. The molecule has 4 N–H and O–H groups in total. The van der Waals surface area contributed by atoms with E-state index < -0.39 is 0 Å². The minimum absolute atomic E-state index is 0.658. The van der Waals surface area contributed by atoms with E-state index in [9.17, 15) is 0 Å². The van der Waals surface area contributed by atoms with Crippen molar-refractivity contribution in [2.45, 2.75) is 145 Å². The van der Waals surface area contributed by atoms with Gasteiger partial charge in [-0.2, -0.15) is 0 Å². The zero-order valence-corrected chi connectivity index (χ0v) is 54.2. The first-order valence-corrected chi connectivity index (χ1v) is 33.5. The molecule has 0 atom stereocenters. The highest BCUT2D eigenvalue weighted by atomic mass is 16.5. The van der Waals surface area contributed by atoms with E-state index in [2.05, 4.69) is 207 Å². The maximum absolute atomic E-state index is 6.38. The second-order valence-corrected chi connectivity index (χ2v) is 23.1. The summed E-state index contributed by atoms with van der Waals surface area (Å²) in [6.45, 7) is 24.9. The normalized spacial score (nSPS) is 11.8. The van der Waals surface area contributed by atoms with Crippen molar-refractivity contribution >= 4 is 46.4 Å². The number of hydrogen-bond donors (Lipinski definition) is 3. The van der Waals surface area contributed by atoms with Gasteiger partial charge in [-0.05, 0) is 178 Å². The molecular weight excluding hydrogens is 1090 g/mol. The van der Waals surface area contributed by atoms with Crippen molar-refractivity contribution in [1.29, 1.82) is 0 Å². The van der Waals surface area contributed by atoms with Crippen LogP contribution in [-0.4, -0.2) is 102 Å². The summed E-state index contributed by atoms with van der Waals surface area (Å²) in [5, 5.41) is 0. The molecule has 4 aromatic carbocycles. The van der Waals surface area contributed by atoms with Crippen molar-refractivity contribution in [2.24, 2.45) is 5.73 Å². The Morgan fingerprint density at radius 3 is 0.830 bits per heavy atom. The van der Waals surface area contributed by atoms with Gasteiger partial charge in [0.05, 0.1) is 49.2 Å². The average molecular weight is 1190 g/mol. The summed E-state index contributed by atoms with van der Waals surface area (Å²) in [5.41, 5.74) is 20.1. The highest BCUT2D eigenvalue weighted by molar-refractivity contribution is 6.00. The van der Waals surface area contributed by atoms with Crippen LogP contribution in [0.4, 0.5) is 0 Å². The number of fused-ring (bicyclic) bond motifs is 8. The van der Waals surface area contributed by atoms with Crippen LogP contribution in [0.5, 0.6) is 23.0 Å². The Hall–Kier alpha value is -7.44. The number of nitrogens with two attached hydrogens (primary N) is 1. The number of aromatic amines is 2. The molecule has 2 aliphatic heterocycles. The molecule has 3 aromatic heterocycles. The third kappa shape index (κ3) is 19.0. The van der Waals surface area contributed by atoms with E-state index in [-0.39, 0.29) is 0 Å². The van der Waals surface area contributed by atoms with Gasteiger partial charge in [-0.3, -0.25) is 0 Å². The molecule has 0 fully saturated rings. The van der Waals surface area contributed by atoms with Gasteiger partial charge in [-0.1, -0.05) is 168 Å². The van der Waals surface area contributed by atoms with E-state index in [1.54, 1.807) is 0 Å². The van der Waals surface area contributed by atoms with Crippen LogP contribution in [0.1, 0.15) is 168 Å². The summed E-state index contributed by atoms with van der Waals surface area (Å²) < 4.78 is 25.3. The number of benzene rings is 4. The molecule has 0 saturated heterocycles. The minimum atomic E-state index is 0.658. The topological polar surface area (TPSA) is 127 Å². The molecule has 88 heavy (non-hydrogen) atoms. The van der Waals surface area contributed by atoms with Crippen molar-refractivity contribution < 1.29 is 18.9 Å². The first kappa shape index (κ1) is 66.5. The van der Waals surface area contributed by atoms with Crippen LogP contribution in [0.15, 0.2) is 121 Å². The van der Waals surface area contributed by atoms with Gasteiger partial charge in [-0.25, -0.2) is 9.97 Å². The number of aromatic nitrogens is 4. The molecule has 0 unspecified atom stereocenters. The van der Waals surface area contributed by atoms with Gasteiger partial charge in [0.2, 0.25) is 0 Å². The fourth-order valence-corrected chi connectivity index (χ4v) is 11.6. The average Bonchev–Trinajstić information content (AvgIpc) is 2.39. The van der Waals surface area contributed by atoms with Crippen LogP contribution in [0, 0.1) is 0 Å². The van der Waals surface area contributed by atoms with Gasteiger partial charge < -0.3 is 44.4 Å². The first-order chi connectivity index (χ1) is 43.3. The summed E-state index contributed by atoms with van der Waals surface area (Å²) in [4.78, 5) is 23.9. The molecule has 0 amide bonds. The number of nitrogens with zero attached hydrogens (tertiary/aromatic N) is 4. The number of ether oxygens (including phenoxy) is 4. The number of hydrogen-bond acceptors (Lipinski definition) is 9. The summed E-state index contributed by atoms with van der Waals surface area (Å²) in [6.07, 6.45) is 26.9. The van der Waals surface area contributed by atoms with Gasteiger partial charge in [0.1, 0.15) is 23.0 Å². The smallest absolute Gasteiger partial charge is 0.119 e. The fourth-order valence-electron chi connectivity index (χ4n) is 11.6. The molecule has 0 saturated carbocycles. The maximum Gasteiger partial charge on any atom is 0.119 e. The van der Waals surface area contributed by atoms with E-state index in [0.717, 1.165) is 197 Å². The predicted molar refractivity (Wildman–Crippen MR) is 373 cm³/mol. The first-order valence-electron chi connectivity index (χ1n) is 33.5. The van der Waals surface area contributed by atoms with Gasteiger partial charge in [0.15, 0.2) is 0 Å². The second-order valence-electron chi connectivity index (χ2n) is 23.1. The molecule has 7 aromatic rings. The Morgan fingerprint density at radius 1 is 0.318 bits per heavy atom. The molecule has 8 bridgehead atoms. The lowest BCUT2D eigenvalue weighted by atomic mass is 10.0. The summed E-state index contributed by atoms with van der Waals surface area (Å²) in [7, 11) is 0. The van der Waals surface area contributed by atoms with E-state index in [0.29, 0.717) is 26.4 Å². The lowest BCUT2D eigenvalue weighted by Gasteiger charge is -2.17. The Balaban J connectivity index is 0.00000327. The van der Waals surface area contributed by atoms with Gasteiger partial charge >= 0.3 is 0 Å². The number of rotatable bonds is 35. The SMILES string of the molecule is CCCCCCCCCCCCOc1ccc(-c2c3nc(c(-c4ccc(OCCCN(CC)CC)cc4)c4ccc([nH]4)c(-c4ccc(OCCCN(CC)CC)cc4)c4nc(c(-c5ccc(OCCCCC)cc5)c5ccc2[nH]5)C=C4)C=C3)cc1.CCN. The van der Waals surface area contributed by atoms with Crippen molar-refractivity contribution in [3.63, 3.8) is 0 Å². The van der Waals surface area contributed by atoms with E-state index in [1.165, 1.54) is 57.8 Å². The van der Waals surface area contributed by atoms with Crippen molar-refractivity contribution in [2.75, 3.05) is 72.2 Å². The number of H-pyrrole nitrogens is 2.